The second kappa shape index (κ2) is 7.19. The van der Waals surface area contributed by atoms with Crippen LogP contribution in [-0.2, 0) is 6.54 Å². The van der Waals surface area contributed by atoms with Crippen LogP contribution in [0.4, 0.5) is 5.00 Å². The Balaban J connectivity index is 0.00000180. The molecule has 2 heterocycles. The van der Waals surface area contributed by atoms with Crippen LogP contribution in [0.3, 0.4) is 0 Å². The van der Waals surface area contributed by atoms with Crippen molar-refractivity contribution in [2.75, 3.05) is 13.1 Å². The predicted octanol–water partition coefficient (Wildman–Crippen LogP) is 2.64. The van der Waals surface area contributed by atoms with E-state index in [0.29, 0.717) is 5.92 Å². The molecule has 0 aromatic carbocycles. The van der Waals surface area contributed by atoms with E-state index in [1.54, 1.807) is 6.07 Å². The number of nitro groups is 1. The van der Waals surface area contributed by atoms with Crippen LogP contribution >= 0.6 is 23.7 Å². The summed E-state index contributed by atoms with van der Waals surface area (Å²) in [6.07, 6.45) is 2.36. The topological polar surface area (TPSA) is 72.4 Å². The standard InChI is InChI=1S/C12H19N3O2S.ClH/c1-9(13)11-3-2-4-14(7-11)6-10-5-12(15(16)17)18-8-10;/h5,8-9,11H,2-4,6-7,13H2,1H3;1H. The van der Waals surface area contributed by atoms with E-state index in [0.717, 1.165) is 25.2 Å². The zero-order valence-corrected chi connectivity index (χ0v) is 12.6. The molecule has 2 atom stereocenters. The SMILES string of the molecule is CC(N)C1CCCN(Cc2csc([N+](=O)[O-])c2)C1.Cl. The lowest BCUT2D eigenvalue weighted by Crippen LogP contribution is -2.41. The van der Waals surface area contributed by atoms with Gasteiger partial charge < -0.3 is 5.73 Å². The maximum atomic E-state index is 10.6. The van der Waals surface area contributed by atoms with E-state index in [1.807, 2.05) is 5.38 Å². The fourth-order valence-corrected chi connectivity index (χ4v) is 3.18. The summed E-state index contributed by atoms with van der Waals surface area (Å²) >= 11 is 1.20. The molecule has 0 amide bonds. The summed E-state index contributed by atoms with van der Waals surface area (Å²) in [5.74, 6) is 0.548. The first-order valence-corrected chi connectivity index (χ1v) is 7.14. The highest BCUT2D eigenvalue weighted by molar-refractivity contribution is 7.13. The number of hydrogen-bond donors (Lipinski definition) is 1. The van der Waals surface area contributed by atoms with Crippen LogP contribution in [-0.4, -0.2) is 29.0 Å². The van der Waals surface area contributed by atoms with Gasteiger partial charge in [0.25, 0.3) is 0 Å². The number of piperidine rings is 1. The molecule has 19 heavy (non-hydrogen) atoms. The maximum Gasteiger partial charge on any atom is 0.324 e. The van der Waals surface area contributed by atoms with Gasteiger partial charge in [-0.2, -0.15) is 0 Å². The fourth-order valence-electron chi connectivity index (χ4n) is 2.46. The van der Waals surface area contributed by atoms with Crippen molar-refractivity contribution in [3.63, 3.8) is 0 Å². The molecule has 0 saturated carbocycles. The average Bonchev–Trinajstić information content (AvgIpc) is 2.78. The third-order valence-electron chi connectivity index (χ3n) is 3.51. The lowest BCUT2D eigenvalue weighted by atomic mass is 9.92. The van der Waals surface area contributed by atoms with Gasteiger partial charge in [-0.05, 0) is 37.8 Å². The van der Waals surface area contributed by atoms with E-state index in [4.69, 9.17) is 5.73 Å². The van der Waals surface area contributed by atoms with Gasteiger partial charge in [-0.15, -0.1) is 12.4 Å². The molecule has 1 aromatic heterocycles. The highest BCUT2D eigenvalue weighted by atomic mass is 35.5. The predicted molar refractivity (Wildman–Crippen MR) is 79.9 cm³/mol. The summed E-state index contributed by atoms with van der Waals surface area (Å²) in [6.45, 7) is 4.92. The minimum absolute atomic E-state index is 0. The Morgan fingerprint density at radius 1 is 1.68 bits per heavy atom. The molecule has 1 aliphatic rings. The zero-order chi connectivity index (χ0) is 13.1. The van der Waals surface area contributed by atoms with Gasteiger partial charge in [0.15, 0.2) is 0 Å². The highest BCUT2D eigenvalue weighted by Crippen LogP contribution is 2.25. The van der Waals surface area contributed by atoms with E-state index >= 15 is 0 Å². The van der Waals surface area contributed by atoms with Crippen molar-refractivity contribution in [3.8, 4) is 0 Å². The number of nitrogens with two attached hydrogens (primary N) is 1. The minimum atomic E-state index is -0.324. The van der Waals surface area contributed by atoms with Gasteiger partial charge >= 0.3 is 5.00 Å². The third-order valence-corrected chi connectivity index (χ3v) is 4.44. The van der Waals surface area contributed by atoms with Crippen molar-refractivity contribution in [2.45, 2.75) is 32.4 Å². The second-order valence-corrected chi connectivity index (χ2v) is 5.94. The summed E-state index contributed by atoms with van der Waals surface area (Å²) in [5.41, 5.74) is 6.99. The van der Waals surface area contributed by atoms with Crippen molar-refractivity contribution in [2.24, 2.45) is 11.7 Å². The van der Waals surface area contributed by atoms with Crippen LogP contribution in [0.1, 0.15) is 25.3 Å². The maximum absolute atomic E-state index is 10.6. The van der Waals surface area contributed by atoms with Crippen molar-refractivity contribution < 1.29 is 4.92 Å². The molecule has 2 N–H and O–H groups in total. The highest BCUT2D eigenvalue weighted by Gasteiger charge is 2.23. The van der Waals surface area contributed by atoms with Crippen LogP contribution in [0.15, 0.2) is 11.4 Å². The Kier molecular flexibility index (Phi) is 6.19. The van der Waals surface area contributed by atoms with Crippen LogP contribution in [0.5, 0.6) is 0 Å². The van der Waals surface area contributed by atoms with Gasteiger partial charge in [0.05, 0.1) is 4.92 Å². The Labute approximate surface area is 123 Å². The van der Waals surface area contributed by atoms with E-state index in [1.165, 1.54) is 24.2 Å². The molecule has 0 spiro atoms. The van der Waals surface area contributed by atoms with Crippen LogP contribution in [0, 0.1) is 16.0 Å². The Bertz CT molecular complexity index is 425. The van der Waals surface area contributed by atoms with Gasteiger partial charge in [0.2, 0.25) is 0 Å². The molecule has 108 valence electrons. The molecule has 1 saturated heterocycles. The molecule has 0 bridgehead atoms. The lowest BCUT2D eigenvalue weighted by molar-refractivity contribution is -0.380. The lowest BCUT2D eigenvalue weighted by Gasteiger charge is -2.34. The third kappa shape index (κ3) is 4.42. The van der Waals surface area contributed by atoms with Gasteiger partial charge in [-0.3, -0.25) is 15.0 Å². The van der Waals surface area contributed by atoms with Crippen LogP contribution in [0.25, 0.3) is 0 Å². The molecule has 2 rings (SSSR count). The zero-order valence-electron chi connectivity index (χ0n) is 10.9. The number of nitrogens with zero attached hydrogens (tertiary/aromatic N) is 2. The summed E-state index contributed by atoms with van der Waals surface area (Å²) in [5, 5.41) is 12.7. The van der Waals surface area contributed by atoms with Crippen LogP contribution in [0.2, 0.25) is 0 Å². The summed E-state index contributed by atoms with van der Waals surface area (Å²) < 4.78 is 0. The van der Waals surface area contributed by atoms with Crippen molar-refractivity contribution in [1.82, 2.24) is 4.90 Å². The minimum Gasteiger partial charge on any atom is -0.328 e. The van der Waals surface area contributed by atoms with E-state index in [-0.39, 0.29) is 28.4 Å². The molecule has 7 heteroatoms. The quantitative estimate of drug-likeness (QED) is 0.685. The smallest absolute Gasteiger partial charge is 0.324 e. The molecular formula is C12H20ClN3O2S. The molecule has 1 aromatic rings. The number of thiophene rings is 1. The largest absolute Gasteiger partial charge is 0.328 e. The Morgan fingerprint density at radius 2 is 2.42 bits per heavy atom. The first-order valence-electron chi connectivity index (χ1n) is 6.26. The number of hydrogen-bond acceptors (Lipinski definition) is 5. The van der Waals surface area contributed by atoms with Gasteiger partial charge in [0.1, 0.15) is 0 Å². The molecule has 1 fully saturated rings. The number of rotatable bonds is 4. The van der Waals surface area contributed by atoms with Crippen molar-refractivity contribution in [3.05, 3.63) is 27.1 Å². The first kappa shape index (κ1) is 16.4. The normalized spacial score (nSPS) is 21.7. The molecule has 0 aliphatic carbocycles. The first-order chi connectivity index (χ1) is 8.56. The van der Waals surface area contributed by atoms with E-state index < -0.39 is 0 Å². The van der Waals surface area contributed by atoms with Gasteiger partial charge in [-0.25, -0.2) is 0 Å². The number of likely N-dealkylation sites (tertiary alicyclic amines) is 1. The van der Waals surface area contributed by atoms with Gasteiger partial charge in [-0.1, -0.05) is 11.3 Å². The summed E-state index contributed by atoms with van der Waals surface area (Å²) in [4.78, 5) is 12.7. The Hall–Kier alpha value is -0.690. The summed E-state index contributed by atoms with van der Waals surface area (Å²) in [7, 11) is 0. The van der Waals surface area contributed by atoms with Crippen LogP contribution < -0.4 is 5.73 Å². The second-order valence-electron chi connectivity index (χ2n) is 5.05. The number of halogens is 1. The molecule has 2 unspecified atom stereocenters. The average molecular weight is 306 g/mol. The fraction of sp³-hybridized carbons (Fsp3) is 0.667. The van der Waals surface area contributed by atoms with Crippen molar-refractivity contribution >= 4 is 28.7 Å². The van der Waals surface area contributed by atoms with E-state index in [2.05, 4.69) is 11.8 Å². The Morgan fingerprint density at radius 3 is 3.00 bits per heavy atom. The van der Waals surface area contributed by atoms with E-state index in [9.17, 15) is 10.1 Å². The molecular weight excluding hydrogens is 286 g/mol. The molecule has 5 nitrogen and oxygen atoms in total. The molecule has 1 aliphatic heterocycles. The summed E-state index contributed by atoms with van der Waals surface area (Å²) in [6, 6.07) is 1.91. The monoisotopic (exact) mass is 305 g/mol. The van der Waals surface area contributed by atoms with Gasteiger partial charge in [0, 0.05) is 30.6 Å². The van der Waals surface area contributed by atoms with Crippen molar-refractivity contribution in [1.29, 1.82) is 0 Å². The molecule has 0 radical (unpaired) electrons.